The summed E-state index contributed by atoms with van der Waals surface area (Å²) in [4.78, 5) is 13.9. The summed E-state index contributed by atoms with van der Waals surface area (Å²) in [5.41, 5.74) is 5.17. The highest BCUT2D eigenvalue weighted by Crippen LogP contribution is 2.20. The maximum absolute atomic E-state index is 13.4. The molecule has 21 heavy (non-hydrogen) atoms. The number of anilines is 1. The molecule has 116 valence electrons. The normalized spacial score (nSPS) is 16.9. The molecule has 0 saturated carbocycles. The largest absolute Gasteiger partial charge is 0.330 e. The van der Waals surface area contributed by atoms with Crippen molar-refractivity contribution >= 4 is 11.6 Å². The van der Waals surface area contributed by atoms with Crippen LogP contribution in [0.25, 0.3) is 0 Å². The number of nitrogens with zero attached hydrogens (tertiary/aromatic N) is 1. The fourth-order valence-electron chi connectivity index (χ4n) is 2.67. The highest BCUT2D eigenvalue weighted by atomic mass is 19.1. The van der Waals surface area contributed by atoms with Crippen LogP contribution in [0.3, 0.4) is 0 Å². The lowest BCUT2D eigenvalue weighted by Crippen LogP contribution is -2.39. The standard InChI is InChI=1S/C15H21F2N3O/c16-12-2-1-3-13(17)15(12)19-14(21)10-20-8-5-11(4-7-18)6-9-20/h1-3,11H,4-10,18H2,(H,19,21). The molecule has 1 aromatic carbocycles. The molecule has 1 fully saturated rings. The molecular formula is C15H21F2N3O. The number of nitrogens with two attached hydrogens (primary N) is 1. The van der Waals surface area contributed by atoms with Gasteiger partial charge in [0.05, 0.1) is 6.54 Å². The summed E-state index contributed by atoms with van der Waals surface area (Å²) in [7, 11) is 0. The number of carbonyl (C=O) groups excluding carboxylic acids is 1. The van der Waals surface area contributed by atoms with Crippen LogP contribution in [0.2, 0.25) is 0 Å². The topological polar surface area (TPSA) is 58.4 Å². The van der Waals surface area contributed by atoms with E-state index in [1.54, 1.807) is 0 Å². The summed E-state index contributed by atoms with van der Waals surface area (Å²) >= 11 is 0. The van der Waals surface area contributed by atoms with Gasteiger partial charge in [0.25, 0.3) is 0 Å². The maximum atomic E-state index is 13.4. The molecule has 0 aliphatic carbocycles. The van der Waals surface area contributed by atoms with Crippen molar-refractivity contribution in [2.45, 2.75) is 19.3 Å². The second-order valence-electron chi connectivity index (χ2n) is 5.44. The van der Waals surface area contributed by atoms with E-state index in [4.69, 9.17) is 5.73 Å². The number of amides is 1. The van der Waals surface area contributed by atoms with Crippen LogP contribution in [0.5, 0.6) is 0 Å². The van der Waals surface area contributed by atoms with Crippen molar-refractivity contribution in [3.05, 3.63) is 29.8 Å². The van der Waals surface area contributed by atoms with Gasteiger partial charge in [-0.05, 0) is 56.9 Å². The van der Waals surface area contributed by atoms with Crippen LogP contribution in [-0.4, -0.2) is 37.0 Å². The molecule has 1 aliphatic rings. The van der Waals surface area contributed by atoms with Crippen LogP contribution in [-0.2, 0) is 4.79 Å². The molecule has 1 aliphatic heterocycles. The van der Waals surface area contributed by atoms with Crippen LogP contribution >= 0.6 is 0 Å². The molecule has 0 spiro atoms. The average molecular weight is 297 g/mol. The highest BCUT2D eigenvalue weighted by Gasteiger charge is 2.21. The number of carbonyl (C=O) groups is 1. The van der Waals surface area contributed by atoms with Crippen LogP contribution in [0.4, 0.5) is 14.5 Å². The van der Waals surface area contributed by atoms with Crippen molar-refractivity contribution in [1.29, 1.82) is 0 Å². The molecule has 4 nitrogen and oxygen atoms in total. The molecule has 6 heteroatoms. The zero-order chi connectivity index (χ0) is 15.2. The van der Waals surface area contributed by atoms with Crippen molar-refractivity contribution in [1.82, 2.24) is 4.90 Å². The number of nitrogens with one attached hydrogen (secondary N) is 1. The Morgan fingerprint density at radius 1 is 1.29 bits per heavy atom. The van der Waals surface area contributed by atoms with Gasteiger partial charge in [-0.1, -0.05) is 6.07 Å². The molecule has 1 heterocycles. The van der Waals surface area contributed by atoms with E-state index in [1.807, 2.05) is 4.90 Å². The van der Waals surface area contributed by atoms with Crippen molar-refractivity contribution < 1.29 is 13.6 Å². The third kappa shape index (κ3) is 4.47. The minimum Gasteiger partial charge on any atom is -0.330 e. The van der Waals surface area contributed by atoms with Gasteiger partial charge in [-0.3, -0.25) is 9.69 Å². The maximum Gasteiger partial charge on any atom is 0.238 e. The minimum absolute atomic E-state index is 0.156. The molecule has 2 rings (SSSR count). The second kappa shape index (κ2) is 7.47. The van der Waals surface area contributed by atoms with Gasteiger partial charge < -0.3 is 11.1 Å². The lowest BCUT2D eigenvalue weighted by Gasteiger charge is -2.31. The molecule has 0 aromatic heterocycles. The zero-order valence-electron chi connectivity index (χ0n) is 11.9. The quantitative estimate of drug-likeness (QED) is 0.873. The van der Waals surface area contributed by atoms with E-state index in [0.29, 0.717) is 12.5 Å². The smallest absolute Gasteiger partial charge is 0.238 e. The van der Waals surface area contributed by atoms with E-state index < -0.39 is 17.5 Å². The number of likely N-dealkylation sites (tertiary alicyclic amines) is 1. The zero-order valence-corrected chi connectivity index (χ0v) is 11.9. The Bertz CT molecular complexity index is 468. The number of para-hydroxylation sites is 1. The molecule has 0 radical (unpaired) electrons. The molecule has 3 N–H and O–H groups in total. The Kier molecular flexibility index (Phi) is 5.64. The van der Waals surface area contributed by atoms with Crippen LogP contribution < -0.4 is 11.1 Å². The van der Waals surface area contributed by atoms with E-state index in [2.05, 4.69) is 5.32 Å². The Balaban J connectivity index is 1.83. The number of halogens is 2. The molecule has 0 atom stereocenters. The number of rotatable bonds is 5. The fourth-order valence-corrected chi connectivity index (χ4v) is 2.67. The van der Waals surface area contributed by atoms with E-state index >= 15 is 0 Å². The van der Waals surface area contributed by atoms with Gasteiger partial charge in [0.15, 0.2) is 0 Å². The molecule has 1 saturated heterocycles. The predicted molar refractivity (Wildman–Crippen MR) is 77.8 cm³/mol. The van der Waals surface area contributed by atoms with Gasteiger partial charge in [-0.25, -0.2) is 8.78 Å². The first-order chi connectivity index (χ1) is 10.1. The number of hydrogen-bond acceptors (Lipinski definition) is 3. The Hall–Kier alpha value is -1.53. The van der Waals surface area contributed by atoms with Gasteiger partial charge >= 0.3 is 0 Å². The SMILES string of the molecule is NCCC1CCN(CC(=O)Nc2c(F)cccc2F)CC1. The van der Waals surface area contributed by atoms with Crippen LogP contribution in [0, 0.1) is 17.6 Å². The summed E-state index contributed by atoms with van der Waals surface area (Å²) in [6.07, 6.45) is 3.04. The van der Waals surface area contributed by atoms with Crippen molar-refractivity contribution in [3.63, 3.8) is 0 Å². The predicted octanol–water partition coefficient (Wildman–Crippen LogP) is 1.96. The van der Waals surface area contributed by atoms with E-state index in [0.717, 1.165) is 44.5 Å². The van der Waals surface area contributed by atoms with Crippen molar-refractivity contribution in [3.8, 4) is 0 Å². The Morgan fingerprint density at radius 2 is 1.90 bits per heavy atom. The summed E-state index contributed by atoms with van der Waals surface area (Å²) in [6.45, 7) is 2.48. The average Bonchev–Trinajstić information content (AvgIpc) is 2.45. The van der Waals surface area contributed by atoms with E-state index in [1.165, 1.54) is 6.07 Å². The van der Waals surface area contributed by atoms with Crippen LogP contribution in [0.15, 0.2) is 18.2 Å². The van der Waals surface area contributed by atoms with Gasteiger partial charge in [0.2, 0.25) is 5.91 Å². The first kappa shape index (κ1) is 15.9. The number of hydrogen-bond donors (Lipinski definition) is 2. The molecule has 1 aromatic rings. The third-order valence-electron chi connectivity index (χ3n) is 3.88. The van der Waals surface area contributed by atoms with Crippen molar-refractivity contribution in [2.24, 2.45) is 11.7 Å². The highest BCUT2D eigenvalue weighted by molar-refractivity contribution is 5.92. The number of piperidine rings is 1. The summed E-state index contributed by atoms with van der Waals surface area (Å²) in [5.74, 6) is -1.29. The molecule has 1 amide bonds. The van der Waals surface area contributed by atoms with Gasteiger partial charge in [-0.2, -0.15) is 0 Å². The fraction of sp³-hybridized carbons (Fsp3) is 0.533. The lowest BCUT2D eigenvalue weighted by molar-refractivity contribution is -0.117. The second-order valence-corrected chi connectivity index (χ2v) is 5.44. The van der Waals surface area contributed by atoms with Gasteiger partial charge in [0, 0.05) is 0 Å². The van der Waals surface area contributed by atoms with Crippen molar-refractivity contribution in [2.75, 3.05) is 31.5 Å². The number of benzene rings is 1. The monoisotopic (exact) mass is 297 g/mol. The Labute approximate surface area is 123 Å². The van der Waals surface area contributed by atoms with Gasteiger partial charge in [-0.15, -0.1) is 0 Å². The third-order valence-corrected chi connectivity index (χ3v) is 3.88. The van der Waals surface area contributed by atoms with Gasteiger partial charge in [0.1, 0.15) is 17.3 Å². The first-order valence-corrected chi connectivity index (χ1v) is 7.26. The summed E-state index contributed by atoms with van der Waals surface area (Å²) < 4.78 is 26.9. The minimum atomic E-state index is -0.759. The van der Waals surface area contributed by atoms with E-state index in [-0.39, 0.29) is 12.2 Å². The Morgan fingerprint density at radius 3 is 2.48 bits per heavy atom. The lowest BCUT2D eigenvalue weighted by atomic mass is 9.94. The summed E-state index contributed by atoms with van der Waals surface area (Å²) in [5, 5.41) is 2.31. The molecule has 0 bridgehead atoms. The van der Waals surface area contributed by atoms with E-state index in [9.17, 15) is 13.6 Å². The first-order valence-electron chi connectivity index (χ1n) is 7.26. The molecular weight excluding hydrogens is 276 g/mol. The summed E-state index contributed by atoms with van der Waals surface area (Å²) in [6, 6.07) is 3.51. The molecule has 0 unspecified atom stereocenters. The van der Waals surface area contributed by atoms with Crippen LogP contribution in [0.1, 0.15) is 19.3 Å².